The molecule has 7 heteroatoms. The van der Waals surface area contributed by atoms with Gasteiger partial charge in [-0.2, -0.15) is 0 Å². The van der Waals surface area contributed by atoms with E-state index in [2.05, 4.69) is 0 Å². The normalized spacial score (nSPS) is 8.78. The third-order valence-electron chi connectivity index (χ3n) is 2.83. The van der Waals surface area contributed by atoms with E-state index in [4.69, 9.17) is 49.7 Å². The van der Waals surface area contributed by atoms with Gasteiger partial charge in [-0.25, -0.2) is 0 Å². The van der Waals surface area contributed by atoms with E-state index in [-0.39, 0.29) is 17.1 Å². The predicted octanol–water partition coefficient (Wildman–Crippen LogP) is 3.91. The summed E-state index contributed by atoms with van der Waals surface area (Å²) in [6.07, 6.45) is 0. The number of para-hydroxylation sites is 2. The third kappa shape index (κ3) is 8.01. The van der Waals surface area contributed by atoms with E-state index < -0.39 is 0 Å². The minimum absolute atomic E-state index is 0. The summed E-state index contributed by atoms with van der Waals surface area (Å²) < 4.78 is 0.937. The molecule has 2 aromatic carbocycles. The summed E-state index contributed by atoms with van der Waals surface area (Å²) in [7, 11) is 3.73. The molecule has 0 aliphatic rings. The molecule has 0 heterocycles. The first-order valence-electron chi connectivity index (χ1n) is 6.43. The molecule has 0 aromatic heterocycles. The Bertz CT molecular complexity index is 552. The molecule has 0 spiro atoms. The van der Waals surface area contributed by atoms with Crippen molar-refractivity contribution < 1.29 is 17.1 Å². The standard InChI is InChI=1S/2C8H9NS2.Fe/c2*1-9(8(10)11)7-5-3-2-4-6-7;/h2*2-6H,1H3,(H,10,11);/q;;+2/p-2. The molecule has 23 heavy (non-hydrogen) atoms. The molecule has 0 aliphatic heterocycles. The van der Waals surface area contributed by atoms with Gasteiger partial charge in [0.2, 0.25) is 0 Å². The van der Waals surface area contributed by atoms with Crippen molar-refractivity contribution in [1.29, 1.82) is 0 Å². The average Bonchev–Trinajstić information content (AvgIpc) is 2.55. The smallest absolute Gasteiger partial charge is 0.411 e. The largest absolute Gasteiger partial charge is 2.00 e. The second kappa shape index (κ2) is 11.7. The van der Waals surface area contributed by atoms with Gasteiger partial charge in [-0.15, -0.1) is 0 Å². The summed E-state index contributed by atoms with van der Waals surface area (Å²) in [4.78, 5) is 3.59. The van der Waals surface area contributed by atoms with Gasteiger partial charge in [0.25, 0.3) is 0 Å². The second-order valence-electron chi connectivity index (χ2n) is 4.32. The molecule has 2 nitrogen and oxygen atoms in total. The summed E-state index contributed by atoms with van der Waals surface area (Å²) in [5, 5.41) is 0. The van der Waals surface area contributed by atoms with Crippen LogP contribution in [0.1, 0.15) is 0 Å². The number of rotatable bonds is 2. The SMILES string of the molecule is CN(C(=S)[S-])c1ccccc1.CN(C(=S)[S-])c1ccccc1.[Fe+2]. The van der Waals surface area contributed by atoms with Crippen LogP contribution in [0.15, 0.2) is 60.7 Å². The van der Waals surface area contributed by atoms with Gasteiger partial charge < -0.3 is 59.5 Å². The van der Waals surface area contributed by atoms with Gasteiger partial charge in [0.15, 0.2) is 0 Å². The van der Waals surface area contributed by atoms with Crippen LogP contribution in [0.2, 0.25) is 0 Å². The molecule has 0 amide bonds. The van der Waals surface area contributed by atoms with E-state index >= 15 is 0 Å². The quantitative estimate of drug-likeness (QED) is 0.410. The Morgan fingerprint density at radius 3 is 1.17 bits per heavy atom. The average molecular weight is 420 g/mol. The van der Waals surface area contributed by atoms with Crippen LogP contribution in [0, 0.1) is 0 Å². The molecule has 0 N–H and O–H groups in total. The zero-order chi connectivity index (χ0) is 16.5. The minimum atomic E-state index is 0. The Balaban J connectivity index is 0.000000403. The number of benzene rings is 2. The van der Waals surface area contributed by atoms with Crippen molar-refractivity contribution in [1.82, 2.24) is 0 Å². The summed E-state index contributed by atoms with van der Waals surface area (Å²) in [5.41, 5.74) is 2.07. The fourth-order valence-electron chi connectivity index (χ4n) is 1.51. The summed E-state index contributed by atoms with van der Waals surface area (Å²) in [6.45, 7) is 0. The summed E-state index contributed by atoms with van der Waals surface area (Å²) >= 11 is 19.4. The van der Waals surface area contributed by atoms with Crippen molar-refractivity contribution in [2.45, 2.75) is 0 Å². The van der Waals surface area contributed by atoms with E-state index in [9.17, 15) is 0 Å². The molecule has 0 unspecified atom stereocenters. The second-order valence-corrected chi connectivity index (χ2v) is 6.38. The van der Waals surface area contributed by atoms with Crippen LogP contribution < -0.4 is 9.80 Å². The fourth-order valence-corrected chi connectivity index (χ4v) is 1.94. The number of thiocarbonyl (C=S) groups is 2. The monoisotopic (exact) mass is 420 g/mol. The van der Waals surface area contributed by atoms with Gasteiger partial charge in [-0.05, 0) is 24.3 Å². The first kappa shape index (κ1) is 22.2. The van der Waals surface area contributed by atoms with Gasteiger partial charge in [0.1, 0.15) is 0 Å². The summed E-state index contributed by atoms with van der Waals surface area (Å²) in [6, 6.07) is 19.6. The van der Waals surface area contributed by atoms with Crippen molar-refractivity contribution in [3.8, 4) is 0 Å². The van der Waals surface area contributed by atoms with Gasteiger partial charge in [0.05, 0.1) is 0 Å². The van der Waals surface area contributed by atoms with Gasteiger partial charge >= 0.3 is 17.1 Å². The number of hydrogen-bond acceptors (Lipinski definition) is 4. The first-order valence-corrected chi connectivity index (χ1v) is 8.06. The Morgan fingerprint density at radius 1 is 0.696 bits per heavy atom. The van der Waals surface area contributed by atoms with E-state index in [0.29, 0.717) is 8.64 Å². The Labute approximate surface area is 170 Å². The topological polar surface area (TPSA) is 6.48 Å². The molecule has 2 rings (SSSR count). The number of hydrogen-bond donors (Lipinski definition) is 0. The van der Waals surface area contributed by atoms with Crippen molar-refractivity contribution in [3.05, 3.63) is 60.7 Å². The molecule has 0 saturated heterocycles. The van der Waals surface area contributed by atoms with Crippen LogP contribution in [0.4, 0.5) is 11.4 Å². The van der Waals surface area contributed by atoms with Crippen LogP contribution in [0.5, 0.6) is 0 Å². The Kier molecular flexibility index (Phi) is 11.3. The number of anilines is 2. The molecule has 0 radical (unpaired) electrons. The molecular formula is C16H16FeN2S4. The Morgan fingerprint density at radius 2 is 0.957 bits per heavy atom. The number of nitrogens with zero attached hydrogens (tertiary/aromatic N) is 2. The maximum absolute atomic E-state index is 4.84. The van der Waals surface area contributed by atoms with Crippen molar-refractivity contribution >= 4 is 69.7 Å². The van der Waals surface area contributed by atoms with Crippen molar-refractivity contribution in [3.63, 3.8) is 0 Å². The predicted molar refractivity (Wildman–Crippen MR) is 110 cm³/mol. The van der Waals surface area contributed by atoms with E-state index in [0.717, 1.165) is 11.4 Å². The van der Waals surface area contributed by atoms with Crippen LogP contribution in [0.25, 0.3) is 0 Å². The van der Waals surface area contributed by atoms with Crippen LogP contribution >= 0.6 is 24.4 Å². The van der Waals surface area contributed by atoms with Gasteiger partial charge in [-0.1, -0.05) is 45.0 Å². The van der Waals surface area contributed by atoms with Crippen molar-refractivity contribution in [2.24, 2.45) is 0 Å². The minimum Gasteiger partial charge on any atom is -0.411 e. The van der Waals surface area contributed by atoms with E-state index in [1.54, 1.807) is 9.80 Å². The molecule has 122 valence electrons. The fraction of sp³-hybridized carbons (Fsp3) is 0.125. The third-order valence-corrected chi connectivity index (χ3v) is 3.93. The maximum atomic E-state index is 4.84. The molecule has 0 saturated carbocycles. The Hall–Kier alpha value is -0.821. The molecule has 0 bridgehead atoms. The molecule has 0 fully saturated rings. The summed E-state index contributed by atoms with van der Waals surface area (Å²) in [5.74, 6) is 0. The zero-order valence-corrected chi connectivity index (χ0v) is 17.0. The zero-order valence-electron chi connectivity index (χ0n) is 12.7. The van der Waals surface area contributed by atoms with Crippen molar-refractivity contribution in [2.75, 3.05) is 23.9 Å². The maximum Gasteiger partial charge on any atom is 2.00 e. The molecule has 0 aliphatic carbocycles. The van der Waals surface area contributed by atoms with Gasteiger partial charge in [-0.3, -0.25) is 0 Å². The van der Waals surface area contributed by atoms with E-state index in [1.165, 1.54) is 0 Å². The first-order chi connectivity index (χ1) is 10.4. The van der Waals surface area contributed by atoms with Crippen LogP contribution in [-0.2, 0) is 42.3 Å². The molecular weight excluding hydrogens is 404 g/mol. The molecule has 2 aromatic rings. The van der Waals surface area contributed by atoms with Gasteiger partial charge in [0, 0.05) is 25.5 Å². The van der Waals surface area contributed by atoms with Crippen LogP contribution in [-0.4, -0.2) is 22.7 Å². The van der Waals surface area contributed by atoms with E-state index in [1.807, 2.05) is 74.8 Å². The van der Waals surface area contributed by atoms with Crippen LogP contribution in [0.3, 0.4) is 0 Å². The molecule has 0 atom stereocenters.